The molecule has 0 spiro atoms. The second-order valence-electron chi connectivity index (χ2n) is 7.03. The quantitative estimate of drug-likeness (QED) is 0.651. The lowest BCUT2D eigenvalue weighted by Crippen LogP contribution is -2.37. The molecule has 0 bridgehead atoms. The molecule has 0 saturated carbocycles. The second kappa shape index (κ2) is 8.24. The molecule has 1 aromatic carbocycles. The SMILES string of the molecule is CCc1cnc2c(c1SCC(=O)Nc1cc(C)ccc1C)c(=O)n(C)c(=O)n2C. The van der Waals surface area contributed by atoms with Gasteiger partial charge in [-0.05, 0) is 43.0 Å². The van der Waals surface area contributed by atoms with Crippen LogP contribution in [0, 0.1) is 13.8 Å². The Bertz CT molecular complexity index is 1230. The van der Waals surface area contributed by atoms with E-state index in [0.717, 1.165) is 26.9 Å². The minimum atomic E-state index is -0.428. The van der Waals surface area contributed by atoms with E-state index in [2.05, 4.69) is 10.3 Å². The van der Waals surface area contributed by atoms with E-state index in [9.17, 15) is 14.4 Å². The highest BCUT2D eigenvalue weighted by atomic mass is 32.2. The first kappa shape index (κ1) is 20.9. The number of rotatable bonds is 5. The summed E-state index contributed by atoms with van der Waals surface area (Å²) in [5, 5.41) is 3.31. The standard InChI is InChI=1S/C21H24N4O3S/c1-6-14-10-22-19-17(20(27)25(5)21(28)24(19)4)18(14)29-11-16(26)23-15-9-12(2)7-8-13(15)3/h7-10H,6,11H2,1-5H3,(H,23,26). The highest BCUT2D eigenvalue weighted by Crippen LogP contribution is 2.28. The van der Waals surface area contributed by atoms with Crippen LogP contribution in [0.25, 0.3) is 11.0 Å². The van der Waals surface area contributed by atoms with Gasteiger partial charge in [-0.25, -0.2) is 9.78 Å². The number of hydrogen-bond donors (Lipinski definition) is 1. The highest BCUT2D eigenvalue weighted by molar-refractivity contribution is 8.00. The maximum Gasteiger partial charge on any atom is 0.332 e. The van der Waals surface area contributed by atoms with Crippen LogP contribution >= 0.6 is 11.8 Å². The van der Waals surface area contributed by atoms with Crippen molar-refractivity contribution in [3.05, 3.63) is 61.9 Å². The molecule has 0 fully saturated rings. The largest absolute Gasteiger partial charge is 0.332 e. The Morgan fingerprint density at radius 1 is 1.17 bits per heavy atom. The molecule has 3 rings (SSSR count). The van der Waals surface area contributed by atoms with Crippen molar-refractivity contribution in [3.63, 3.8) is 0 Å². The molecule has 29 heavy (non-hydrogen) atoms. The van der Waals surface area contributed by atoms with Crippen molar-refractivity contribution in [1.29, 1.82) is 0 Å². The number of aryl methyl sites for hydroxylation is 4. The molecule has 3 aromatic rings. The first-order valence-electron chi connectivity index (χ1n) is 9.32. The average Bonchev–Trinajstić information content (AvgIpc) is 2.71. The fourth-order valence-electron chi connectivity index (χ4n) is 3.15. The number of fused-ring (bicyclic) bond motifs is 1. The molecule has 0 radical (unpaired) electrons. The third-order valence-corrected chi connectivity index (χ3v) is 6.05. The van der Waals surface area contributed by atoms with Gasteiger partial charge in [0.15, 0.2) is 0 Å². The Kier molecular flexibility index (Phi) is 5.93. The van der Waals surface area contributed by atoms with Gasteiger partial charge >= 0.3 is 5.69 Å². The fourth-order valence-corrected chi connectivity index (χ4v) is 4.21. The fraction of sp³-hybridized carbons (Fsp3) is 0.333. The monoisotopic (exact) mass is 412 g/mol. The van der Waals surface area contributed by atoms with Gasteiger partial charge in [0.05, 0.1) is 11.1 Å². The maximum atomic E-state index is 12.8. The molecule has 0 saturated heterocycles. The molecule has 2 aromatic heterocycles. The first-order valence-corrected chi connectivity index (χ1v) is 10.3. The van der Waals surface area contributed by atoms with E-state index in [1.54, 1.807) is 13.2 Å². The van der Waals surface area contributed by atoms with E-state index in [4.69, 9.17) is 0 Å². The number of pyridine rings is 1. The minimum Gasteiger partial charge on any atom is -0.325 e. The Hall–Kier alpha value is -2.87. The number of carbonyl (C=O) groups is 1. The van der Waals surface area contributed by atoms with Crippen molar-refractivity contribution in [2.75, 3.05) is 11.1 Å². The van der Waals surface area contributed by atoms with Gasteiger partial charge in [0.25, 0.3) is 5.56 Å². The van der Waals surface area contributed by atoms with Crippen molar-refractivity contribution in [2.45, 2.75) is 32.1 Å². The molecule has 1 amide bonds. The van der Waals surface area contributed by atoms with Crippen LogP contribution in [-0.2, 0) is 25.3 Å². The lowest BCUT2D eigenvalue weighted by atomic mass is 10.1. The molecule has 8 heteroatoms. The highest BCUT2D eigenvalue weighted by Gasteiger charge is 2.18. The number of amides is 1. The number of thioether (sulfide) groups is 1. The van der Waals surface area contributed by atoms with Crippen LogP contribution in [0.3, 0.4) is 0 Å². The normalized spacial score (nSPS) is 11.1. The predicted octanol–water partition coefficient (Wildman–Crippen LogP) is 2.54. The van der Waals surface area contributed by atoms with Crippen molar-refractivity contribution < 1.29 is 4.79 Å². The van der Waals surface area contributed by atoms with Gasteiger partial charge < -0.3 is 5.32 Å². The molecular weight excluding hydrogens is 388 g/mol. The summed E-state index contributed by atoms with van der Waals surface area (Å²) in [4.78, 5) is 42.6. The minimum absolute atomic E-state index is 0.144. The summed E-state index contributed by atoms with van der Waals surface area (Å²) in [5.74, 6) is -0.0109. The van der Waals surface area contributed by atoms with Crippen molar-refractivity contribution in [3.8, 4) is 0 Å². The Morgan fingerprint density at radius 3 is 2.59 bits per heavy atom. The second-order valence-corrected chi connectivity index (χ2v) is 8.01. The van der Waals surface area contributed by atoms with E-state index >= 15 is 0 Å². The topological polar surface area (TPSA) is 86.0 Å². The number of carbonyl (C=O) groups excluding carboxylic acids is 1. The first-order chi connectivity index (χ1) is 13.7. The van der Waals surface area contributed by atoms with Crippen LogP contribution in [0.2, 0.25) is 0 Å². The molecule has 152 valence electrons. The van der Waals surface area contributed by atoms with Gasteiger partial charge in [-0.1, -0.05) is 19.1 Å². The molecule has 0 aliphatic rings. The molecule has 0 aliphatic carbocycles. The summed E-state index contributed by atoms with van der Waals surface area (Å²) in [5.41, 5.74) is 3.21. The lowest BCUT2D eigenvalue weighted by molar-refractivity contribution is -0.113. The summed E-state index contributed by atoms with van der Waals surface area (Å²) >= 11 is 1.30. The van der Waals surface area contributed by atoms with E-state index < -0.39 is 11.2 Å². The number of hydrogen-bond acceptors (Lipinski definition) is 5. The van der Waals surface area contributed by atoms with Crippen LogP contribution in [0.5, 0.6) is 0 Å². The Morgan fingerprint density at radius 2 is 1.90 bits per heavy atom. The molecule has 0 aliphatic heterocycles. The summed E-state index contributed by atoms with van der Waals surface area (Å²) in [6.45, 7) is 5.88. The van der Waals surface area contributed by atoms with Gasteiger partial charge in [0, 0.05) is 30.9 Å². The zero-order chi connectivity index (χ0) is 21.3. The van der Waals surface area contributed by atoms with Crippen LogP contribution in [0.1, 0.15) is 23.6 Å². The summed E-state index contributed by atoms with van der Waals surface area (Å²) < 4.78 is 2.43. The molecule has 1 N–H and O–H groups in total. The maximum absolute atomic E-state index is 12.8. The zero-order valence-electron chi connectivity index (χ0n) is 17.2. The lowest BCUT2D eigenvalue weighted by Gasteiger charge is -2.14. The van der Waals surface area contributed by atoms with Crippen LogP contribution in [-0.4, -0.2) is 25.8 Å². The molecule has 0 unspecified atom stereocenters. The van der Waals surface area contributed by atoms with E-state index in [0.29, 0.717) is 22.3 Å². The Labute approximate surface area is 172 Å². The van der Waals surface area contributed by atoms with Crippen LogP contribution < -0.4 is 16.6 Å². The van der Waals surface area contributed by atoms with Gasteiger partial charge in [-0.2, -0.15) is 0 Å². The molecular formula is C21H24N4O3S. The van der Waals surface area contributed by atoms with Crippen molar-refractivity contribution in [1.82, 2.24) is 14.1 Å². The van der Waals surface area contributed by atoms with Gasteiger partial charge in [-0.3, -0.25) is 18.7 Å². The number of nitrogens with zero attached hydrogens (tertiary/aromatic N) is 3. The number of anilines is 1. The zero-order valence-corrected chi connectivity index (χ0v) is 18.0. The molecule has 7 nitrogen and oxygen atoms in total. The van der Waals surface area contributed by atoms with Crippen LogP contribution in [0.4, 0.5) is 5.69 Å². The van der Waals surface area contributed by atoms with E-state index in [-0.39, 0.29) is 11.7 Å². The number of aromatic nitrogens is 3. The number of benzene rings is 1. The Balaban J connectivity index is 1.97. The molecule has 2 heterocycles. The van der Waals surface area contributed by atoms with E-state index in [1.165, 1.54) is 23.4 Å². The number of nitrogens with one attached hydrogen (secondary N) is 1. The smallest absolute Gasteiger partial charge is 0.325 e. The third kappa shape index (κ3) is 3.98. The summed E-state index contributed by atoms with van der Waals surface area (Å²) in [7, 11) is 3.04. The third-order valence-electron chi connectivity index (χ3n) is 4.89. The van der Waals surface area contributed by atoms with Crippen molar-refractivity contribution in [2.24, 2.45) is 14.1 Å². The van der Waals surface area contributed by atoms with E-state index in [1.807, 2.05) is 39.0 Å². The van der Waals surface area contributed by atoms with Gasteiger partial charge in [0.1, 0.15) is 5.65 Å². The summed E-state index contributed by atoms with van der Waals surface area (Å²) in [6, 6.07) is 5.90. The molecule has 0 atom stereocenters. The summed E-state index contributed by atoms with van der Waals surface area (Å²) in [6.07, 6.45) is 2.34. The average molecular weight is 413 g/mol. The predicted molar refractivity (Wildman–Crippen MR) is 117 cm³/mol. The van der Waals surface area contributed by atoms with Gasteiger partial charge in [-0.15, -0.1) is 11.8 Å². The van der Waals surface area contributed by atoms with Crippen molar-refractivity contribution >= 4 is 34.4 Å². The van der Waals surface area contributed by atoms with Gasteiger partial charge in [0.2, 0.25) is 5.91 Å². The van der Waals surface area contributed by atoms with Crippen LogP contribution in [0.15, 0.2) is 38.9 Å².